The second-order valence-electron chi connectivity index (χ2n) is 8.29. The third-order valence-corrected chi connectivity index (χ3v) is 10.5. The maximum Gasteiger partial charge on any atom is 0.272 e. The van der Waals surface area contributed by atoms with Crippen LogP contribution in [-0.2, 0) is 29.0 Å². The van der Waals surface area contributed by atoms with E-state index in [0.29, 0.717) is 17.9 Å². The molecule has 12 heteroatoms. The summed E-state index contributed by atoms with van der Waals surface area (Å²) in [6, 6.07) is 8.51. The monoisotopic (exact) mass is 571 g/mol. The fraction of sp³-hybridized carbons (Fsp3) is 0.500. The molecule has 1 unspecified atom stereocenters. The Labute approximate surface area is 210 Å². The van der Waals surface area contributed by atoms with Crippen LogP contribution in [0.5, 0.6) is 0 Å². The molecule has 2 aliphatic rings. The summed E-state index contributed by atoms with van der Waals surface area (Å²) < 4.78 is 32.1. The maximum absolute atomic E-state index is 13.7. The highest BCUT2D eigenvalue weighted by atomic mass is 79.9. The average Bonchev–Trinajstić information content (AvgIpc) is 3.23. The molecule has 0 saturated carbocycles. The van der Waals surface area contributed by atoms with Gasteiger partial charge in [-0.15, -0.1) is 11.3 Å². The molecule has 2 aliphatic heterocycles. The van der Waals surface area contributed by atoms with Gasteiger partial charge < -0.3 is 9.64 Å². The van der Waals surface area contributed by atoms with Gasteiger partial charge >= 0.3 is 0 Å². The Kier molecular flexibility index (Phi) is 8.03. The smallest absolute Gasteiger partial charge is 0.272 e. The van der Waals surface area contributed by atoms with E-state index in [0.717, 1.165) is 16.6 Å². The Morgan fingerprint density at radius 2 is 2.12 bits per heavy atom. The molecule has 0 aromatic carbocycles. The normalized spacial score (nSPS) is 24.9. The summed E-state index contributed by atoms with van der Waals surface area (Å²) in [5, 5.41) is 0. The molecule has 2 aromatic rings. The number of sulfone groups is 1. The van der Waals surface area contributed by atoms with Crippen LogP contribution in [0.25, 0.3) is 0 Å². The van der Waals surface area contributed by atoms with E-state index in [2.05, 4.69) is 26.4 Å². The van der Waals surface area contributed by atoms with Crippen molar-refractivity contribution in [3.63, 3.8) is 0 Å². The van der Waals surface area contributed by atoms with Crippen LogP contribution >= 0.6 is 27.3 Å². The Hall–Kier alpha value is -1.86. The number of nitrogens with zero attached hydrogens (tertiary/aromatic N) is 2. The maximum atomic E-state index is 13.7. The van der Waals surface area contributed by atoms with Crippen molar-refractivity contribution in [2.24, 2.45) is 0 Å². The molecule has 2 aromatic heterocycles. The van der Waals surface area contributed by atoms with E-state index in [1.807, 2.05) is 0 Å². The van der Waals surface area contributed by atoms with Gasteiger partial charge in [-0.2, -0.15) is 0 Å². The van der Waals surface area contributed by atoms with Gasteiger partial charge in [0.25, 0.3) is 5.91 Å². The summed E-state index contributed by atoms with van der Waals surface area (Å²) in [4.78, 5) is 37.4. The first-order valence-corrected chi connectivity index (χ1v) is 14.3. The number of ether oxygens (including phenoxy) is 1. The second kappa shape index (κ2) is 10.8. The highest BCUT2D eigenvalue weighted by Crippen LogP contribution is 2.44. The first kappa shape index (κ1) is 25.2. The Morgan fingerprint density at radius 1 is 1.26 bits per heavy atom. The van der Waals surface area contributed by atoms with Crippen LogP contribution in [0, 0.1) is 0 Å². The van der Waals surface area contributed by atoms with E-state index in [-0.39, 0.29) is 43.3 Å². The molecule has 2 atom stereocenters. The molecule has 184 valence electrons. The van der Waals surface area contributed by atoms with Crippen molar-refractivity contribution in [2.45, 2.75) is 43.1 Å². The van der Waals surface area contributed by atoms with Crippen molar-refractivity contribution in [1.82, 2.24) is 15.4 Å². The number of hydrogen-bond acceptors (Lipinski definition) is 8. The third-order valence-electron chi connectivity index (χ3n) is 6.09. The molecule has 2 amide bonds. The van der Waals surface area contributed by atoms with Crippen molar-refractivity contribution in [1.29, 1.82) is 0 Å². The van der Waals surface area contributed by atoms with Gasteiger partial charge in [-0.3, -0.25) is 14.6 Å². The molecular formula is C22H26BrN3O6S2. The van der Waals surface area contributed by atoms with Gasteiger partial charge in [-0.25, -0.2) is 18.7 Å². The number of hydroxylamine groups is 1. The minimum Gasteiger partial charge on any atom is -0.350 e. The van der Waals surface area contributed by atoms with E-state index in [9.17, 15) is 18.0 Å². The summed E-state index contributed by atoms with van der Waals surface area (Å²) in [5.74, 6) is -1.14. The lowest BCUT2D eigenvalue weighted by atomic mass is 9.97. The van der Waals surface area contributed by atoms with Gasteiger partial charge in [0, 0.05) is 37.2 Å². The average molecular weight is 573 g/mol. The number of thiophene rings is 1. The van der Waals surface area contributed by atoms with E-state index < -0.39 is 26.8 Å². The molecule has 4 heterocycles. The minimum atomic E-state index is -3.82. The summed E-state index contributed by atoms with van der Waals surface area (Å²) in [6.45, 7) is 0.756. The van der Waals surface area contributed by atoms with Crippen molar-refractivity contribution < 1.29 is 27.6 Å². The van der Waals surface area contributed by atoms with Crippen LogP contribution in [0.3, 0.4) is 0 Å². The van der Waals surface area contributed by atoms with E-state index in [1.165, 1.54) is 22.4 Å². The number of pyridine rings is 1. The lowest BCUT2D eigenvalue weighted by Crippen LogP contribution is -2.43. The number of amides is 2. The number of halogens is 1. The van der Waals surface area contributed by atoms with Crippen LogP contribution in [0.1, 0.15) is 47.5 Å². The van der Waals surface area contributed by atoms with E-state index in [4.69, 9.17) is 9.57 Å². The van der Waals surface area contributed by atoms with Gasteiger partial charge in [0.05, 0.1) is 16.0 Å². The SMILES string of the molecule is O=C(C[C@]1(c2ccc(Br)s2)CCN(C(=O)c2ccccn2)CCS1(=O)=O)NOC1CCCCO1. The lowest BCUT2D eigenvalue weighted by molar-refractivity contribution is -0.200. The molecule has 0 aliphatic carbocycles. The van der Waals surface area contributed by atoms with E-state index in [1.54, 1.807) is 30.3 Å². The molecule has 4 rings (SSSR count). The largest absolute Gasteiger partial charge is 0.350 e. The van der Waals surface area contributed by atoms with Crippen molar-refractivity contribution in [3.05, 3.63) is 50.9 Å². The number of carbonyl (C=O) groups excluding carboxylic acids is 2. The standard InChI is InChI=1S/C22H26BrN3O6S2/c23-18-8-7-17(33-18)22(15-19(27)25-32-20-6-2-4-13-31-20)9-11-26(12-14-34(22,29)30)21(28)16-5-1-3-10-24-16/h1,3,5,7-8,10,20H,2,4,6,9,11-15H2,(H,25,27)/t20?,22-/m0/s1. The summed E-state index contributed by atoms with van der Waals surface area (Å²) >= 11 is 4.68. The van der Waals surface area contributed by atoms with Gasteiger partial charge in [0.1, 0.15) is 10.4 Å². The summed E-state index contributed by atoms with van der Waals surface area (Å²) in [7, 11) is -3.82. The quantitative estimate of drug-likeness (QED) is 0.530. The molecular weight excluding hydrogens is 546 g/mol. The highest BCUT2D eigenvalue weighted by Gasteiger charge is 2.50. The van der Waals surface area contributed by atoms with Crippen molar-refractivity contribution in [2.75, 3.05) is 25.4 Å². The molecule has 34 heavy (non-hydrogen) atoms. The topological polar surface area (TPSA) is 115 Å². The molecule has 1 N–H and O–H groups in total. The molecule has 0 spiro atoms. The van der Waals surface area contributed by atoms with Crippen LogP contribution in [0.15, 0.2) is 40.3 Å². The van der Waals surface area contributed by atoms with Crippen LogP contribution in [0.4, 0.5) is 0 Å². The van der Waals surface area contributed by atoms with Gasteiger partial charge in [-0.05, 0) is 59.5 Å². The Balaban J connectivity index is 1.57. The van der Waals surface area contributed by atoms with Gasteiger partial charge in [0.2, 0.25) is 5.91 Å². The van der Waals surface area contributed by atoms with Crippen molar-refractivity contribution in [3.8, 4) is 0 Å². The van der Waals surface area contributed by atoms with Crippen LogP contribution in [-0.4, -0.2) is 61.9 Å². The second-order valence-corrected chi connectivity index (χ2v) is 13.2. The Bertz CT molecular complexity index is 1120. The predicted molar refractivity (Wildman–Crippen MR) is 130 cm³/mol. The lowest BCUT2D eigenvalue weighted by Gasteiger charge is -2.31. The fourth-order valence-corrected chi connectivity index (χ4v) is 8.20. The molecule has 0 radical (unpaired) electrons. The molecule has 2 saturated heterocycles. The summed E-state index contributed by atoms with van der Waals surface area (Å²) in [6.07, 6.45) is 3.27. The number of rotatable bonds is 6. The zero-order chi connectivity index (χ0) is 24.2. The molecule has 0 bridgehead atoms. The number of nitrogens with one attached hydrogen (secondary N) is 1. The van der Waals surface area contributed by atoms with E-state index >= 15 is 0 Å². The third kappa shape index (κ3) is 5.51. The number of hydrogen-bond donors (Lipinski definition) is 1. The number of carbonyl (C=O) groups is 2. The predicted octanol–water partition coefficient (Wildman–Crippen LogP) is 3.03. The van der Waals surface area contributed by atoms with Crippen LogP contribution < -0.4 is 5.48 Å². The Morgan fingerprint density at radius 3 is 2.79 bits per heavy atom. The van der Waals surface area contributed by atoms with Crippen molar-refractivity contribution >= 4 is 48.9 Å². The highest BCUT2D eigenvalue weighted by molar-refractivity contribution is 9.11. The first-order chi connectivity index (χ1) is 16.3. The summed E-state index contributed by atoms with van der Waals surface area (Å²) in [5.41, 5.74) is 2.65. The zero-order valence-corrected chi connectivity index (χ0v) is 21.7. The minimum absolute atomic E-state index is 0.0278. The molecule has 2 fully saturated rings. The first-order valence-electron chi connectivity index (χ1n) is 11.1. The van der Waals surface area contributed by atoms with Gasteiger partial charge in [-0.1, -0.05) is 6.07 Å². The fourth-order valence-electron chi connectivity index (χ4n) is 4.22. The zero-order valence-electron chi connectivity index (χ0n) is 18.4. The molecule has 9 nitrogen and oxygen atoms in total. The van der Waals surface area contributed by atoms with Gasteiger partial charge in [0.15, 0.2) is 16.1 Å². The number of aromatic nitrogens is 1. The van der Waals surface area contributed by atoms with Crippen LogP contribution in [0.2, 0.25) is 0 Å².